The average molecular weight is 206 g/mol. The van der Waals surface area contributed by atoms with Gasteiger partial charge in [-0.25, -0.2) is 0 Å². The Morgan fingerprint density at radius 3 is 2.00 bits per heavy atom. The van der Waals surface area contributed by atoms with Gasteiger partial charge in [-0.15, -0.1) is 0 Å². The molecule has 1 aliphatic carbocycles. The number of rotatable bonds is 3. The first-order valence-electron chi connectivity index (χ1n) is 4.83. The lowest BCUT2D eigenvalue weighted by Crippen LogP contribution is -2.81. The highest BCUT2D eigenvalue weighted by molar-refractivity contribution is 5.20. The zero-order chi connectivity index (χ0) is 10.4. The maximum absolute atomic E-state index is 12.5. The van der Waals surface area contributed by atoms with E-state index in [1.165, 1.54) is 0 Å². The molecule has 0 radical (unpaired) electrons. The Morgan fingerprint density at radius 2 is 1.71 bits per heavy atom. The van der Waals surface area contributed by atoms with E-state index in [4.69, 9.17) is 5.73 Å². The van der Waals surface area contributed by atoms with Gasteiger partial charge in [-0.05, 0) is 12.8 Å². The highest BCUT2D eigenvalue weighted by Gasteiger charge is 2.64. The summed E-state index contributed by atoms with van der Waals surface area (Å²) in [7, 11) is 0. The first-order valence-corrected chi connectivity index (χ1v) is 4.83. The average Bonchev–Trinajstić information content (AvgIpc) is 2.08. The molecule has 2 aliphatic rings. The van der Waals surface area contributed by atoms with Crippen molar-refractivity contribution in [1.82, 2.24) is 5.32 Å². The van der Waals surface area contributed by atoms with Crippen molar-refractivity contribution < 1.29 is 13.9 Å². The van der Waals surface area contributed by atoms with E-state index in [-0.39, 0.29) is 12.8 Å². The summed E-state index contributed by atoms with van der Waals surface area (Å²) < 4.78 is 25.1. The minimum absolute atomic E-state index is 0.144. The Bertz CT molecular complexity index is 231. The molecule has 0 amide bonds. The zero-order valence-corrected chi connectivity index (χ0v) is 8.02. The normalized spacial score (nSPS) is 31.7. The number of hydrogen-bond acceptors (Lipinski definition) is 3. The molecule has 1 aliphatic heterocycles. The van der Waals surface area contributed by atoms with Gasteiger partial charge in [-0.1, -0.05) is 0 Å². The van der Waals surface area contributed by atoms with Gasteiger partial charge in [0, 0.05) is 18.5 Å². The van der Waals surface area contributed by atoms with E-state index in [2.05, 4.69) is 5.32 Å². The van der Waals surface area contributed by atoms with Gasteiger partial charge in [-0.3, -0.25) is 8.78 Å². The van der Waals surface area contributed by atoms with Crippen LogP contribution >= 0.6 is 0 Å². The SMILES string of the molecule is NC1(C2(O)CC(CF)(CF)C2)CNC1. The molecule has 0 spiro atoms. The van der Waals surface area contributed by atoms with Crippen molar-refractivity contribution in [3.05, 3.63) is 0 Å². The molecule has 1 saturated carbocycles. The Labute approximate surface area is 81.7 Å². The third-order valence-electron chi connectivity index (χ3n) is 3.71. The molecule has 1 saturated heterocycles. The molecule has 0 aromatic rings. The van der Waals surface area contributed by atoms with E-state index >= 15 is 0 Å². The third-order valence-corrected chi connectivity index (χ3v) is 3.71. The van der Waals surface area contributed by atoms with E-state index in [9.17, 15) is 13.9 Å². The van der Waals surface area contributed by atoms with Crippen molar-refractivity contribution in [3.8, 4) is 0 Å². The maximum atomic E-state index is 12.5. The third kappa shape index (κ3) is 1.12. The molecular weight excluding hydrogens is 190 g/mol. The first-order chi connectivity index (χ1) is 6.49. The number of nitrogens with one attached hydrogen (secondary N) is 1. The first kappa shape index (κ1) is 10.3. The van der Waals surface area contributed by atoms with Crippen molar-refractivity contribution in [2.75, 3.05) is 26.4 Å². The van der Waals surface area contributed by atoms with E-state index < -0.39 is 29.9 Å². The van der Waals surface area contributed by atoms with Gasteiger partial charge in [0.1, 0.15) is 0 Å². The fourth-order valence-electron chi connectivity index (χ4n) is 2.49. The van der Waals surface area contributed by atoms with Crippen LogP contribution in [0.2, 0.25) is 0 Å². The lowest BCUT2D eigenvalue weighted by Gasteiger charge is -2.61. The van der Waals surface area contributed by atoms with Crippen molar-refractivity contribution >= 4 is 0 Å². The van der Waals surface area contributed by atoms with E-state index in [1.54, 1.807) is 0 Å². The van der Waals surface area contributed by atoms with Crippen LogP contribution in [0.3, 0.4) is 0 Å². The minimum atomic E-state index is -1.07. The lowest BCUT2D eigenvalue weighted by molar-refractivity contribution is -0.194. The van der Waals surface area contributed by atoms with E-state index in [0.717, 1.165) is 0 Å². The number of halogens is 2. The van der Waals surface area contributed by atoms with Crippen LogP contribution in [0.15, 0.2) is 0 Å². The summed E-state index contributed by atoms with van der Waals surface area (Å²) in [5.74, 6) is 0. The largest absolute Gasteiger partial charge is 0.388 e. The van der Waals surface area contributed by atoms with Crippen molar-refractivity contribution in [3.63, 3.8) is 0 Å². The predicted molar refractivity (Wildman–Crippen MR) is 48.4 cm³/mol. The molecule has 14 heavy (non-hydrogen) atoms. The molecular formula is C9H16F2N2O. The van der Waals surface area contributed by atoms with Gasteiger partial charge in [0.25, 0.3) is 0 Å². The second kappa shape index (κ2) is 2.87. The fraction of sp³-hybridized carbons (Fsp3) is 1.00. The van der Waals surface area contributed by atoms with Crippen LogP contribution in [0.4, 0.5) is 8.78 Å². The van der Waals surface area contributed by atoms with Gasteiger partial charge in [0.15, 0.2) is 0 Å². The summed E-state index contributed by atoms with van der Waals surface area (Å²) >= 11 is 0. The molecule has 0 unspecified atom stereocenters. The molecule has 2 rings (SSSR count). The summed E-state index contributed by atoms with van der Waals surface area (Å²) in [6.07, 6.45) is 0.288. The summed E-state index contributed by atoms with van der Waals surface area (Å²) in [4.78, 5) is 0. The van der Waals surface area contributed by atoms with Crippen LogP contribution in [0.25, 0.3) is 0 Å². The molecule has 2 fully saturated rings. The monoisotopic (exact) mass is 206 g/mol. The van der Waals surface area contributed by atoms with Crippen LogP contribution < -0.4 is 11.1 Å². The zero-order valence-electron chi connectivity index (χ0n) is 8.02. The lowest BCUT2D eigenvalue weighted by atomic mass is 9.52. The van der Waals surface area contributed by atoms with Gasteiger partial charge < -0.3 is 16.2 Å². The molecule has 0 aromatic carbocycles. The van der Waals surface area contributed by atoms with Crippen LogP contribution in [-0.2, 0) is 0 Å². The molecule has 0 bridgehead atoms. The van der Waals surface area contributed by atoms with Crippen LogP contribution in [0.1, 0.15) is 12.8 Å². The number of nitrogens with two attached hydrogens (primary N) is 1. The quantitative estimate of drug-likeness (QED) is 0.596. The number of aliphatic hydroxyl groups is 1. The standard InChI is InChI=1S/C9H16F2N2O/c10-3-7(4-11)1-9(14,2-7)8(12)5-13-6-8/h13-14H,1-6,12H2. The molecule has 0 aromatic heterocycles. The molecule has 4 N–H and O–H groups in total. The topological polar surface area (TPSA) is 58.3 Å². The molecule has 1 heterocycles. The summed E-state index contributed by atoms with van der Waals surface area (Å²) in [5, 5.41) is 13.1. The van der Waals surface area contributed by atoms with E-state index in [0.29, 0.717) is 13.1 Å². The van der Waals surface area contributed by atoms with Gasteiger partial charge in [-0.2, -0.15) is 0 Å². The Morgan fingerprint density at radius 1 is 1.21 bits per heavy atom. The number of alkyl halides is 2. The summed E-state index contributed by atoms with van der Waals surface area (Å²) in [6, 6.07) is 0. The van der Waals surface area contributed by atoms with Gasteiger partial charge in [0.05, 0.1) is 24.5 Å². The molecule has 3 nitrogen and oxygen atoms in total. The Hall–Kier alpha value is -0.260. The molecule has 0 atom stereocenters. The Kier molecular flexibility index (Phi) is 2.10. The highest BCUT2D eigenvalue weighted by Crippen LogP contribution is 2.54. The van der Waals surface area contributed by atoms with Gasteiger partial charge >= 0.3 is 0 Å². The van der Waals surface area contributed by atoms with Crippen molar-refractivity contribution in [2.45, 2.75) is 24.0 Å². The van der Waals surface area contributed by atoms with E-state index in [1.807, 2.05) is 0 Å². The van der Waals surface area contributed by atoms with Gasteiger partial charge in [0.2, 0.25) is 0 Å². The highest BCUT2D eigenvalue weighted by atomic mass is 19.1. The van der Waals surface area contributed by atoms with Crippen molar-refractivity contribution in [2.24, 2.45) is 11.1 Å². The van der Waals surface area contributed by atoms with Crippen LogP contribution in [0.5, 0.6) is 0 Å². The minimum Gasteiger partial charge on any atom is -0.388 e. The Balaban J connectivity index is 2.03. The summed E-state index contributed by atoms with van der Waals surface area (Å²) in [5.41, 5.74) is 3.20. The van der Waals surface area contributed by atoms with Crippen LogP contribution in [0, 0.1) is 5.41 Å². The smallest absolute Gasteiger partial charge is 0.0977 e. The number of hydrogen-bond donors (Lipinski definition) is 3. The fourth-order valence-corrected chi connectivity index (χ4v) is 2.49. The summed E-state index contributed by atoms with van der Waals surface area (Å²) in [6.45, 7) is -0.374. The van der Waals surface area contributed by atoms with Crippen LogP contribution in [-0.4, -0.2) is 42.7 Å². The second-order valence-corrected chi connectivity index (χ2v) is 4.91. The predicted octanol–water partition coefficient (Wildman–Crippen LogP) is -0.263. The molecule has 5 heteroatoms. The molecule has 82 valence electrons. The van der Waals surface area contributed by atoms with Crippen molar-refractivity contribution in [1.29, 1.82) is 0 Å². The second-order valence-electron chi connectivity index (χ2n) is 4.91. The maximum Gasteiger partial charge on any atom is 0.0977 e.